The van der Waals surface area contributed by atoms with Crippen molar-refractivity contribution in [3.8, 4) is 34.1 Å². The molecule has 0 N–H and O–H groups in total. The van der Waals surface area contributed by atoms with Crippen LogP contribution in [0, 0.1) is 0 Å². The number of rotatable bonds is 5. The predicted molar refractivity (Wildman–Crippen MR) is 203 cm³/mol. The minimum Gasteiger partial charge on any atom is -0.450 e. The zero-order valence-corrected chi connectivity index (χ0v) is 27.2. The SMILES string of the molecule is c1ccc(C2(c3ccccc3)c3ccccc3-c3ccc(N(c4ccc5c(c4)Oc4ccccc4O5)c4cccc5ccccc45)cc32)cc1. The Morgan fingerprint density at radius 2 is 0.940 bits per heavy atom. The van der Waals surface area contributed by atoms with Gasteiger partial charge in [0, 0.05) is 17.1 Å². The Bertz CT molecular complexity index is 2510. The molecule has 0 saturated heterocycles. The van der Waals surface area contributed by atoms with Gasteiger partial charge in [-0.1, -0.05) is 140 Å². The molecule has 0 aromatic heterocycles. The van der Waals surface area contributed by atoms with Crippen LogP contribution in [0.3, 0.4) is 0 Å². The summed E-state index contributed by atoms with van der Waals surface area (Å²) in [6, 6.07) is 66.9. The zero-order valence-electron chi connectivity index (χ0n) is 27.2. The predicted octanol–water partition coefficient (Wildman–Crippen LogP) is 12.6. The van der Waals surface area contributed by atoms with Crippen molar-refractivity contribution >= 4 is 27.8 Å². The fourth-order valence-corrected chi connectivity index (χ4v) is 8.06. The number of hydrogen-bond acceptors (Lipinski definition) is 3. The fourth-order valence-electron chi connectivity index (χ4n) is 8.06. The molecule has 1 aliphatic heterocycles. The molecule has 0 amide bonds. The standard InChI is InChI=1S/C47H31NO2/c1-3-16-33(17-4-1)47(34-18-5-2-6-19-34)40-22-10-9-21-38(40)39-28-26-35(30-41(39)47)48(42-23-13-15-32-14-7-8-20-37(32)42)36-27-29-45-46(31-36)50-44-25-12-11-24-43(44)49-45/h1-31H. The minimum atomic E-state index is -0.509. The Balaban J connectivity index is 1.24. The van der Waals surface area contributed by atoms with Gasteiger partial charge in [-0.3, -0.25) is 0 Å². The first-order valence-corrected chi connectivity index (χ1v) is 17.0. The highest BCUT2D eigenvalue weighted by Gasteiger charge is 2.46. The first-order chi connectivity index (χ1) is 24.8. The highest BCUT2D eigenvalue weighted by atomic mass is 16.6. The quantitative estimate of drug-likeness (QED) is 0.187. The monoisotopic (exact) mass is 641 g/mol. The molecule has 0 bridgehead atoms. The van der Waals surface area contributed by atoms with Crippen molar-refractivity contribution in [3.05, 3.63) is 210 Å². The second-order valence-electron chi connectivity index (χ2n) is 12.9. The van der Waals surface area contributed by atoms with E-state index in [1.54, 1.807) is 0 Å². The molecule has 8 aromatic carbocycles. The number of benzene rings is 8. The van der Waals surface area contributed by atoms with Gasteiger partial charge in [0.25, 0.3) is 0 Å². The topological polar surface area (TPSA) is 21.7 Å². The third-order valence-corrected chi connectivity index (χ3v) is 10.2. The molecule has 0 fully saturated rings. The van der Waals surface area contributed by atoms with Crippen molar-refractivity contribution in [2.45, 2.75) is 5.41 Å². The maximum atomic E-state index is 6.44. The van der Waals surface area contributed by atoms with Gasteiger partial charge in [-0.05, 0) is 81.2 Å². The van der Waals surface area contributed by atoms with E-state index in [1.165, 1.54) is 38.8 Å². The summed E-state index contributed by atoms with van der Waals surface area (Å²) in [5, 5.41) is 2.34. The van der Waals surface area contributed by atoms with Gasteiger partial charge in [0.2, 0.25) is 0 Å². The average molecular weight is 642 g/mol. The van der Waals surface area contributed by atoms with Crippen LogP contribution in [-0.4, -0.2) is 0 Å². The number of anilines is 3. The number of para-hydroxylation sites is 2. The number of fused-ring (bicyclic) bond motifs is 6. The van der Waals surface area contributed by atoms with Crippen LogP contribution in [0.2, 0.25) is 0 Å². The summed E-state index contributed by atoms with van der Waals surface area (Å²) in [5.74, 6) is 2.81. The summed E-state index contributed by atoms with van der Waals surface area (Å²) in [6.45, 7) is 0. The molecule has 1 aliphatic carbocycles. The van der Waals surface area contributed by atoms with Gasteiger partial charge in [0.05, 0.1) is 16.8 Å². The van der Waals surface area contributed by atoms with Crippen LogP contribution in [0.15, 0.2) is 188 Å². The van der Waals surface area contributed by atoms with Crippen molar-refractivity contribution in [1.82, 2.24) is 0 Å². The Labute approximate surface area is 291 Å². The molecule has 0 spiro atoms. The molecule has 236 valence electrons. The van der Waals surface area contributed by atoms with Gasteiger partial charge in [0.15, 0.2) is 23.0 Å². The van der Waals surface area contributed by atoms with E-state index >= 15 is 0 Å². The van der Waals surface area contributed by atoms with E-state index in [-0.39, 0.29) is 0 Å². The first-order valence-electron chi connectivity index (χ1n) is 17.0. The molecule has 1 heterocycles. The highest BCUT2D eigenvalue weighted by Crippen LogP contribution is 2.57. The third-order valence-electron chi connectivity index (χ3n) is 10.2. The summed E-state index contributed by atoms with van der Waals surface area (Å²) in [4.78, 5) is 2.36. The lowest BCUT2D eigenvalue weighted by molar-refractivity contribution is 0.360. The first kappa shape index (κ1) is 28.4. The highest BCUT2D eigenvalue weighted by molar-refractivity contribution is 6.00. The van der Waals surface area contributed by atoms with Crippen molar-refractivity contribution < 1.29 is 9.47 Å². The number of ether oxygens (including phenoxy) is 2. The van der Waals surface area contributed by atoms with Gasteiger partial charge in [0.1, 0.15) is 0 Å². The van der Waals surface area contributed by atoms with E-state index in [1.807, 2.05) is 30.3 Å². The van der Waals surface area contributed by atoms with E-state index in [2.05, 4.69) is 163 Å². The minimum absolute atomic E-state index is 0.509. The van der Waals surface area contributed by atoms with Crippen LogP contribution in [0.25, 0.3) is 21.9 Å². The molecular weight excluding hydrogens is 611 g/mol. The summed E-state index contributed by atoms with van der Waals surface area (Å²) in [6.07, 6.45) is 0. The Morgan fingerprint density at radius 1 is 0.380 bits per heavy atom. The summed E-state index contributed by atoms with van der Waals surface area (Å²) in [7, 11) is 0. The molecule has 0 radical (unpaired) electrons. The van der Waals surface area contributed by atoms with Crippen molar-refractivity contribution in [1.29, 1.82) is 0 Å². The van der Waals surface area contributed by atoms with Gasteiger partial charge >= 0.3 is 0 Å². The molecule has 0 unspecified atom stereocenters. The van der Waals surface area contributed by atoms with Crippen LogP contribution in [0.1, 0.15) is 22.3 Å². The van der Waals surface area contributed by atoms with Crippen molar-refractivity contribution in [3.63, 3.8) is 0 Å². The van der Waals surface area contributed by atoms with Crippen LogP contribution in [0.5, 0.6) is 23.0 Å². The van der Waals surface area contributed by atoms with Gasteiger partial charge in [-0.25, -0.2) is 0 Å². The Hall–Kier alpha value is -6.58. The average Bonchev–Trinajstić information content (AvgIpc) is 3.48. The van der Waals surface area contributed by atoms with E-state index in [0.29, 0.717) is 17.2 Å². The van der Waals surface area contributed by atoms with Crippen molar-refractivity contribution in [2.75, 3.05) is 4.90 Å². The molecule has 8 aromatic rings. The fraction of sp³-hybridized carbons (Fsp3) is 0.0213. The summed E-state index contributed by atoms with van der Waals surface area (Å²) < 4.78 is 12.7. The van der Waals surface area contributed by atoms with Gasteiger partial charge in [-0.2, -0.15) is 0 Å². The molecule has 0 atom stereocenters. The molecule has 3 nitrogen and oxygen atoms in total. The maximum Gasteiger partial charge on any atom is 0.172 e. The largest absolute Gasteiger partial charge is 0.450 e. The lowest BCUT2D eigenvalue weighted by Gasteiger charge is -2.35. The van der Waals surface area contributed by atoms with Crippen LogP contribution in [0.4, 0.5) is 17.1 Å². The lowest BCUT2D eigenvalue weighted by atomic mass is 9.67. The van der Waals surface area contributed by atoms with Crippen LogP contribution in [-0.2, 0) is 5.41 Å². The molecule has 3 heteroatoms. The molecule has 0 saturated carbocycles. The second-order valence-corrected chi connectivity index (χ2v) is 12.9. The summed E-state index contributed by atoms with van der Waals surface area (Å²) >= 11 is 0. The molecule has 10 rings (SSSR count). The van der Waals surface area contributed by atoms with E-state index in [9.17, 15) is 0 Å². The molecule has 2 aliphatic rings. The molecular formula is C47H31NO2. The van der Waals surface area contributed by atoms with Crippen LogP contribution >= 0.6 is 0 Å². The normalized spacial score (nSPS) is 13.3. The van der Waals surface area contributed by atoms with Crippen molar-refractivity contribution in [2.24, 2.45) is 0 Å². The second kappa shape index (κ2) is 11.3. The van der Waals surface area contributed by atoms with Gasteiger partial charge < -0.3 is 14.4 Å². The maximum absolute atomic E-state index is 6.44. The molecule has 50 heavy (non-hydrogen) atoms. The third kappa shape index (κ3) is 4.23. The van der Waals surface area contributed by atoms with E-state index in [4.69, 9.17) is 9.47 Å². The summed E-state index contributed by atoms with van der Waals surface area (Å²) in [5.41, 5.74) is 10.1. The Kier molecular flexibility index (Phi) is 6.40. The number of nitrogens with zero attached hydrogens (tertiary/aromatic N) is 1. The van der Waals surface area contributed by atoms with Crippen LogP contribution < -0.4 is 14.4 Å². The van der Waals surface area contributed by atoms with E-state index in [0.717, 1.165) is 28.2 Å². The smallest absolute Gasteiger partial charge is 0.172 e. The Morgan fingerprint density at radius 3 is 1.72 bits per heavy atom. The zero-order chi connectivity index (χ0) is 33.1. The lowest BCUT2D eigenvalue weighted by Crippen LogP contribution is -2.28. The number of hydrogen-bond donors (Lipinski definition) is 0. The van der Waals surface area contributed by atoms with Gasteiger partial charge in [-0.15, -0.1) is 0 Å². The van der Waals surface area contributed by atoms with E-state index < -0.39 is 5.41 Å².